The number of Topliss-reactive ketones (excluding diaryl/α,β-unsaturated/α-hetero) is 1. The summed E-state index contributed by atoms with van der Waals surface area (Å²) in [5.41, 5.74) is -0.109. The summed E-state index contributed by atoms with van der Waals surface area (Å²) in [4.78, 5) is 34.3. The average molecular weight is 284 g/mol. The summed E-state index contributed by atoms with van der Waals surface area (Å²) >= 11 is 0. The van der Waals surface area contributed by atoms with Crippen molar-refractivity contribution in [2.75, 3.05) is 11.4 Å². The smallest absolute Gasteiger partial charge is 0.323 e. The Morgan fingerprint density at radius 3 is 2.47 bits per heavy atom. The fourth-order valence-corrected chi connectivity index (χ4v) is 2.29. The van der Waals surface area contributed by atoms with Gasteiger partial charge in [-0.15, -0.1) is 0 Å². The summed E-state index contributed by atoms with van der Waals surface area (Å²) in [6, 6.07) is 3.25. The van der Waals surface area contributed by atoms with E-state index in [2.05, 4.69) is 0 Å². The zero-order valence-electron chi connectivity index (χ0n) is 9.36. The molecule has 9 heteroatoms. The van der Waals surface area contributed by atoms with Gasteiger partial charge in [0, 0.05) is 0 Å². The van der Waals surface area contributed by atoms with Gasteiger partial charge in [-0.3, -0.25) is 19.3 Å². The molecule has 1 amide bonds. The number of rotatable bonds is 3. The van der Waals surface area contributed by atoms with Crippen molar-refractivity contribution in [1.29, 1.82) is 0 Å². The summed E-state index contributed by atoms with van der Waals surface area (Å²) in [7, 11) is -4.00. The summed E-state index contributed by atoms with van der Waals surface area (Å²) < 4.78 is 22.3. The molecule has 0 radical (unpaired) electrons. The highest BCUT2D eigenvalue weighted by Crippen LogP contribution is 2.30. The van der Waals surface area contributed by atoms with Gasteiger partial charge < -0.3 is 5.11 Å². The minimum absolute atomic E-state index is 0.0600. The SMILES string of the molecule is NS(=O)(=O)c1ccc2c(c1)C(=O)C(=O)N2CC(=O)O. The predicted octanol–water partition coefficient (Wildman–Crippen LogP) is -1.05. The van der Waals surface area contributed by atoms with Crippen LogP contribution < -0.4 is 10.0 Å². The summed E-state index contributed by atoms with van der Waals surface area (Å²) in [5, 5.41) is 13.6. The number of carbonyl (C=O) groups is 3. The van der Waals surface area contributed by atoms with Crippen LogP contribution in [0.1, 0.15) is 10.4 Å². The molecule has 0 aromatic heterocycles. The van der Waals surface area contributed by atoms with Crippen LogP contribution >= 0.6 is 0 Å². The molecule has 19 heavy (non-hydrogen) atoms. The number of anilines is 1. The third kappa shape index (κ3) is 2.20. The van der Waals surface area contributed by atoms with Crippen LogP contribution in [0.3, 0.4) is 0 Å². The third-order valence-corrected chi connectivity index (χ3v) is 3.48. The first-order chi connectivity index (χ1) is 8.71. The molecule has 100 valence electrons. The summed E-state index contributed by atoms with van der Waals surface area (Å²) in [5.74, 6) is -3.25. The van der Waals surface area contributed by atoms with E-state index in [1.807, 2.05) is 0 Å². The second kappa shape index (κ2) is 4.14. The van der Waals surface area contributed by atoms with E-state index < -0.39 is 34.2 Å². The number of hydrogen-bond donors (Lipinski definition) is 2. The van der Waals surface area contributed by atoms with Gasteiger partial charge in [0.2, 0.25) is 10.0 Å². The third-order valence-electron chi connectivity index (χ3n) is 2.56. The molecule has 1 aliphatic rings. The highest BCUT2D eigenvalue weighted by molar-refractivity contribution is 7.89. The van der Waals surface area contributed by atoms with E-state index in [4.69, 9.17) is 10.2 Å². The molecule has 8 nitrogen and oxygen atoms in total. The van der Waals surface area contributed by atoms with Crippen LogP contribution in [0.25, 0.3) is 0 Å². The lowest BCUT2D eigenvalue weighted by molar-refractivity contribution is -0.136. The molecule has 0 aliphatic carbocycles. The number of aliphatic carboxylic acids is 1. The van der Waals surface area contributed by atoms with E-state index in [0.717, 1.165) is 17.0 Å². The summed E-state index contributed by atoms with van der Waals surface area (Å²) in [6.45, 7) is -0.674. The van der Waals surface area contributed by atoms with E-state index >= 15 is 0 Å². The molecule has 1 aliphatic heterocycles. The van der Waals surface area contributed by atoms with Crippen molar-refractivity contribution in [2.24, 2.45) is 5.14 Å². The molecule has 0 saturated heterocycles. The standard InChI is InChI=1S/C10H8N2O6S/c11-19(17,18)5-1-2-7-6(3-5)9(15)10(16)12(7)4-8(13)14/h1-3H,4H2,(H,13,14)(H2,11,17,18). The number of ketones is 1. The molecule has 1 heterocycles. The Hall–Kier alpha value is -2.26. The number of nitrogens with two attached hydrogens (primary N) is 1. The van der Waals surface area contributed by atoms with Crippen molar-refractivity contribution < 1.29 is 27.9 Å². The number of carboxylic acid groups (broad SMARTS) is 1. The van der Waals surface area contributed by atoms with Gasteiger partial charge in [0.25, 0.3) is 11.7 Å². The molecule has 1 aromatic rings. The molecule has 0 spiro atoms. The molecule has 3 N–H and O–H groups in total. The van der Waals surface area contributed by atoms with Gasteiger partial charge in [0.15, 0.2) is 0 Å². The molecule has 0 fully saturated rings. The van der Waals surface area contributed by atoms with Crippen LogP contribution in [0.2, 0.25) is 0 Å². The first kappa shape index (κ1) is 13.2. The van der Waals surface area contributed by atoms with Gasteiger partial charge >= 0.3 is 5.97 Å². The number of primary sulfonamides is 1. The van der Waals surface area contributed by atoms with Crippen molar-refractivity contribution in [1.82, 2.24) is 0 Å². The number of benzene rings is 1. The zero-order chi connectivity index (χ0) is 14.4. The Labute approximate surface area is 107 Å². The van der Waals surface area contributed by atoms with Crippen LogP contribution in [0, 0.1) is 0 Å². The highest BCUT2D eigenvalue weighted by Gasteiger charge is 2.37. The fraction of sp³-hybridized carbons (Fsp3) is 0.100. The van der Waals surface area contributed by atoms with Crippen molar-refractivity contribution in [2.45, 2.75) is 4.90 Å². The Morgan fingerprint density at radius 1 is 1.32 bits per heavy atom. The Bertz CT molecular complexity index is 709. The molecular weight excluding hydrogens is 276 g/mol. The summed E-state index contributed by atoms with van der Waals surface area (Å²) in [6.07, 6.45) is 0. The number of hydrogen-bond acceptors (Lipinski definition) is 5. The fourth-order valence-electron chi connectivity index (χ4n) is 1.75. The van der Waals surface area contributed by atoms with Gasteiger partial charge in [0.1, 0.15) is 6.54 Å². The lowest BCUT2D eigenvalue weighted by Gasteiger charge is -2.13. The number of amides is 1. The normalized spacial score (nSPS) is 14.7. The Balaban J connectivity index is 2.56. The molecule has 0 unspecified atom stereocenters. The molecule has 0 saturated carbocycles. The lowest BCUT2D eigenvalue weighted by atomic mass is 10.1. The second-order valence-corrected chi connectivity index (χ2v) is 5.40. The van der Waals surface area contributed by atoms with E-state index in [-0.39, 0.29) is 16.1 Å². The van der Waals surface area contributed by atoms with Crippen molar-refractivity contribution in [3.63, 3.8) is 0 Å². The maximum atomic E-state index is 11.6. The second-order valence-electron chi connectivity index (χ2n) is 3.84. The zero-order valence-corrected chi connectivity index (χ0v) is 10.2. The van der Waals surface area contributed by atoms with Crippen LogP contribution in [-0.2, 0) is 19.6 Å². The molecule has 0 bridgehead atoms. The van der Waals surface area contributed by atoms with Crippen molar-refractivity contribution in [3.8, 4) is 0 Å². The van der Waals surface area contributed by atoms with Crippen molar-refractivity contribution >= 4 is 33.4 Å². The van der Waals surface area contributed by atoms with Gasteiger partial charge in [-0.1, -0.05) is 0 Å². The Morgan fingerprint density at radius 2 is 1.95 bits per heavy atom. The molecular formula is C10H8N2O6S. The number of carbonyl (C=O) groups excluding carboxylic acids is 2. The van der Waals surface area contributed by atoms with E-state index in [1.165, 1.54) is 6.07 Å². The highest BCUT2D eigenvalue weighted by atomic mass is 32.2. The van der Waals surface area contributed by atoms with Crippen LogP contribution in [0.15, 0.2) is 23.1 Å². The first-order valence-corrected chi connectivity index (χ1v) is 6.51. The van der Waals surface area contributed by atoms with Gasteiger partial charge in [-0.2, -0.15) is 0 Å². The van der Waals surface area contributed by atoms with Crippen molar-refractivity contribution in [3.05, 3.63) is 23.8 Å². The number of sulfonamides is 1. The van der Waals surface area contributed by atoms with E-state index in [9.17, 15) is 22.8 Å². The number of nitrogens with zero attached hydrogens (tertiary/aromatic N) is 1. The minimum Gasteiger partial charge on any atom is -0.480 e. The molecule has 1 aromatic carbocycles. The maximum absolute atomic E-state index is 11.6. The van der Waals surface area contributed by atoms with Gasteiger partial charge in [-0.25, -0.2) is 13.6 Å². The van der Waals surface area contributed by atoms with E-state index in [1.54, 1.807) is 0 Å². The van der Waals surface area contributed by atoms with Crippen LogP contribution in [-0.4, -0.2) is 37.7 Å². The molecule has 0 atom stereocenters. The van der Waals surface area contributed by atoms with Crippen LogP contribution in [0.5, 0.6) is 0 Å². The largest absolute Gasteiger partial charge is 0.480 e. The van der Waals surface area contributed by atoms with E-state index in [0.29, 0.717) is 0 Å². The monoisotopic (exact) mass is 284 g/mol. The Kier molecular flexibility index (Phi) is 2.87. The number of carboxylic acids is 1. The van der Waals surface area contributed by atoms with Crippen LogP contribution in [0.4, 0.5) is 5.69 Å². The minimum atomic E-state index is -4.00. The van der Waals surface area contributed by atoms with Gasteiger partial charge in [0.05, 0.1) is 16.1 Å². The van der Waals surface area contributed by atoms with Gasteiger partial charge in [-0.05, 0) is 18.2 Å². The quantitative estimate of drug-likeness (QED) is 0.680. The predicted molar refractivity (Wildman–Crippen MR) is 62.1 cm³/mol. The molecule has 2 rings (SSSR count). The average Bonchev–Trinajstić information content (AvgIpc) is 2.53. The topological polar surface area (TPSA) is 135 Å². The number of fused-ring (bicyclic) bond motifs is 1. The maximum Gasteiger partial charge on any atom is 0.323 e. The lowest BCUT2D eigenvalue weighted by Crippen LogP contribution is -2.34. The first-order valence-electron chi connectivity index (χ1n) is 4.96.